The number of nitrogens with one attached hydrogen (secondary N) is 3. The minimum absolute atomic E-state index is 0.00745. The average Bonchev–Trinajstić information content (AvgIpc) is 3.65. The van der Waals surface area contributed by atoms with Crippen molar-refractivity contribution in [3.05, 3.63) is 16.7 Å². The first-order chi connectivity index (χ1) is 25.2. The highest BCUT2D eigenvalue weighted by Crippen LogP contribution is 2.39. The molecule has 300 valence electrons. The fraction of sp³-hybridized carbons (Fsp3) is 0.750. The number of hydrogen-bond donors (Lipinski definition) is 10. The lowest BCUT2D eigenvalue weighted by Crippen LogP contribution is -2.64. The Morgan fingerprint density at radius 2 is 1.79 bits per heavy atom. The van der Waals surface area contributed by atoms with E-state index in [1.54, 1.807) is 0 Å². The molecule has 0 unspecified atom stereocenters. The standard InChI is InChI=1S/C28H46N7O17P/c1-14(37)32-18-22(41)20(39)15(10-36)52-27(18)48-6-3-2-4-17(38)30-5-7-46-8-9-47-13-49-23-21(40)16(11-50-53(43,44)45)51-26(23)35-12-31-19-24(35)33-28(29)34-25(19)42/h12,15-16,18,20-23,26-27,36,39-41H,2-11,13H2,1H3,(H,30,38)(H,32,37)(H2,43,44,45)(H3,29,33,34,42)/t15-,16+,18-,20+,21+,22-,23+,26+,27-/m0/s1. The third-order valence-electron chi connectivity index (χ3n) is 8.06. The molecule has 2 saturated heterocycles. The number of unbranched alkanes of at least 4 members (excludes halogenated alkanes) is 1. The maximum absolute atomic E-state index is 12.2. The number of carbonyl (C=O) groups is 2. The molecular formula is C28H46N7O17P. The summed E-state index contributed by atoms with van der Waals surface area (Å²) in [5, 5.41) is 45.8. The lowest BCUT2D eigenvalue weighted by atomic mass is 9.97. The second-order valence-corrected chi connectivity index (χ2v) is 13.2. The SMILES string of the molecule is CC(=O)N[C@@H]1[C@@H](OCCCCC(=O)NCCOCCOCO[C@@H]2[C@H](O)[C@@H](COP(=O)(O)O)O[C@H]2n2cnc3c(=O)[nH]c(N)nc32)O[C@@H](CO)[C@@H](O)[C@H]1O. The molecule has 2 aliphatic heterocycles. The molecule has 11 N–H and O–H groups in total. The number of carbonyl (C=O) groups excluding carboxylic acids is 2. The molecule has 24 nitrogen and oxygen atoms in total. The highest BCUT2D eigenvalue weighted by Gasteiger charge is 2.47. The van der Waals surface area contributed by atoms with Crippen LogP contribution in [0, 0.1) is 0 Å². The number of H-pyrrole nitrogens is 1. The first-order valence-electron chi connectivity index (χ1n) is 16.5. The molecule has 2 amide bonds. The number of ether oxygens (including phenoxy) is 6. The summed E-state index contributed by atoms with van der Waals surface area (Å²) in [6.45, 7) is 0.296. The second-order valence-electron chi connectivity index (χ2n) is 12.0. The summed E-state index contributed by atoms with van der Waals surface area (Å²) < 4.78 is 50.4. The van der Waals surface area contributed by atoms with Crippen molar-refractivity contribution in [2.45, 2.75) is 81.4 Å². The molecule has 0 radical (unpaired) electrons. The molecule has 25 heteroatoms. The van der Waals surface area contributed by atoms with Gasteiger partial charge in [-0.2, -0.15) is 4.98 Å². The van der Waals surface area contributed by atoms with Gasteiger partial charge in [-0.05, 0) is 12.8 Å². The molecule has 4 heterocycles. The number of amides is 2. The van der Waals surface area contributed by atoms with Gasteiger partial charge in [0.2, 0.25) is 17.8 Å². The predicted octanol–water partition coefficient (Wildman–Crippen LogP) is -4.31. The van der Waals surface area contributed by atoms with E-state index in [0.29, 0.717) is 12.8 Å². The molecule has 2 aliphatic rings. The van der Waals surface area contributed by atoms with Gasteiger partial charge in [-0.15, -0.1) is 0 Å². The quantitative estimate of drug-likeness (QED) is 0.0325. The highest BCUT2D eigenvalue weighted by atomic mass is 31.2. The van der Waals surface area contributed by atoms with Crippen molar-refractivity contribution in [2.24, 2.45) is 0 Å². The van der Waals surface area contributed by atoms with E-state index >= 15 is 0 Å². The normalized spacial score (nSPS) is 27.6. The van der Waals surface area contributed by atoms with Crippen LogP contribution in [0.25, 0.3) is 11.2 Å². The summed E-state index contributed by atoms with van der Waals surface area (Å²) in [5.74, 6) is -0.905. The zero-order chi connectivity index (χ0) is 38.7. The Kier molecular flexibility index (Phi) is 16.0. The number of rotatable bonds is 21. The summed E-state index contributed by atoms with van der Waals surface area (Å²) in [4.78, 5) is 64.5. The number of nitrogens with zero attached hydrogens (tertiary/aromatic N) is 3. The van der Waals surface area contributed by atoms with Gasteiger partial charge < -0.3 is 75.0 Å². The van der Waals surface area contributed by atoms with Crippen molar-refractivity contribution in [3.63, 3.8) is 0 Å². The van der Waals surface area contributed by atoms with Crippen LogP contribution in [-0.4, -0.2) is 163 Å². The van der Waals surface area contributed by atoms with E-state index in [9.17, 15) is 39.4 Å². The number of nitrogen functional groups attached to an aromatic ring is 1. The number of phosphoric acid groups is 1. The van der Waals surface area contributed by atoms with E-state index in [-0.39, 0.29) is 69.2 Å². The number of aliphatic hydroxyl groups is 4. The molecule has 4 rings (SSSR count). The number of hydrogen-bond acceptors (Lipinski definition) is 18. The molecule has 0 aliphatic carbocycles. The van der Waals surface area contributed by atoms with Crippen LogP contribution in [0.1, 0.15) is 32.4 Å². The number of phosphoric ester groups is 1. The van der Waals surface area contributed by atoms with Crippen LogP contribution in [0.3, 0.4) is 0 Å². The highest BCUT2D eigenvalue weighted by molar-refractivity contribution is 7.46. The average molecular weight is 784 g/mol. The van der Waals surface area contributed by atoms with Crippen LogP contribution in [-0.2, 0) is 47.1 Å². The second kappa shape index (κ2) is 19.9. The zero-order valence-corrected chi connectivity index (χ0v) is 29.5. The van der Waals surface area contributed by atoms with Crippen molar-refractivity contribution >= 4 is 36.7 Å². The fourth-order valence-corrected chi connectivity index (χ4v) is 5.86. The van der Waals surface area contributed by atoms with Crippen LogP contribution in [0.15, 0.2) is 11.1 Å². The van der Waals surface area contributed by atoms with Gasteiger partial charge in [0.25, 0.3) is 5.56 Å². The maximum atomic E-state index is 12.2. The summed E-state index contributed by atoms with van der Waals surface area (Å²) in [5.41, 5.74) is 4.97. The van der Waals surface area contributed by atoms with E-state index in [0.717, 1.165) is 0 Å². The Hall–Kier alpha value is -3.20. The lowest BCUT2D eigenvalue weighted by Gasteiger charge is -2.42. The number of nitrogens with two attached hydrogens (primary N) is 1. The Morgan fingerprint density at radius 1 is 1.04 bits per heavy atom. The Balaban J connectivity index is 1.11. The molecule has 2 aromatic heterocycles. The van der Waals surface area contributed by atoms with Gasteiger partial charge in [-0.3, -0.25) is 28.5 Å². The van der Waals surface area contributed by atoms with Crippen molar-refractivity contribution in [1.29, 1.82) is 0 Å². The Morgan fingerprint density at radius 3 is 2.51 bits per heavy atom. The van der Waals surface area contributed by atoms with E-state index < -0.39 is 87.7 Å². The molecule has 0 spiro atoms. The minimum atomic E-state index is -4.89. The zero-order valence-electron chi connectivity index (χ0n) is 28.6. The number of fused-ring (bicyclic) bond motifs is 1. The molecular weight excluding hydrogens is 737 g/mol. The number of aromatic amines is 1. The van der Waals surface area contributed by atoms with Gasteiger partial charge in [-0.1, -0.05) is 0 Å². The van der Waals surface area contributed by atoms with E-state index in [1.807, 2.05) is 0 Å². The Labute approximate surface area is 301 Å². The lowest BCUT2D eigenvalue weighted by molar-refractivity contribution is -0.270. The molecule has 2 aromatic rings. The van der Waals surface area contributed by atoms with Gasteiger partial charge in [0.15, 0.2) is 23.7 Å². The van der Waals surface area contributed by atoms with Crippen LogP contribution >= 0.6 is 7.82 Å². The predicted molar refractivity (Wildman–Crippen MR) is 175 cm³/mol. The maximum Gasteiger partial charge on any atom is 0.469 e. The van der Waals surface area contributed by atoms with Crippen molar-refractivity contribution < 1.29 is 77.3 Å². The number of aliphatic hydroxyl groups excluding tert-OH is 4. The van der Waals surface area contributed by atoms with Crippen LogP contribution in [0.2, 0.25) is 0 Å². The van der Waals surface area contributed by atoms with E-state index in [2.05, 4.69) is 30.1 Å². The number of aromatic nitrogens is 4. The molecule has 9 atom stereocenters. The topological polar surface area (TPSA) is 351 Å². The van der Waals surface area contributed by atoms with Gasteiger partial charge in [0, 0.05) is 26.5 Å². The summed E-state index contributed by atoms with van der Waals surface area (Å²) >= 11 is 0. The van der Waals surface area contributed by atoms with E-state index in [1.165, 1.54) is 17.8 Å². The Bertz CT molecular complexity index is 1590. The van der Waals surface area contributed by atoms with Crippen LogP contribution in [0.5, 0.6) is 0 Å². The number of imidazole rings is 1. The molecule has 53 heavy (non-hydrogen) atoms. The van der Waals surface area contributed by atoms with Gasteiger partial charge >= 0.3 is 7.82 Å². The summed E-state index contributed by atoms with van der Waals surface area (Å²) in [7, 11) is -4.89. The largest absolute Gasteiger partial charge is 0.469 e. The minimum Gasteiger partial charge on any atom is -0.394 e. The van der Waals surface area contributed by atoms with Crippen LogP contribution in [0.4, 0.5) is 5.95 Å². The fourth-order valence-electron chi connectivity index (χ4n) is 5.52. The van der Waals surface area contributed by atoms with Gasteiger partial charge in [-0.25, -0.2) is 9.55 Å². The van der Waals surface area contributed by atoms with Crippen LogP contribution < -0.4 is 21.9 Å². The number of anilines is 1. The third kappa shape index (κ3) is 12.1. The smallest absolute Gasteiger partial charge is 0.394 e. The van der Waals surface area contributed by atoms with Gasteiger partial charge in [0.05, 0.1) is 39.4 Å². The molecule has 0 saturated carbocycles. The molecule has 2 fully saturated rings. The van der Waals surface area contributed by atoms with Gasteiger partial charge in [0.1, 0.15) is 49.5 Å². The first-order valence-corrected chi connectivity index (χ1v) is 18.0. The third-order valence-corrected chi connectivity index (χ3v) is 8.55. The van der Waals surface area contributed by atoms with E-state index in [4.69, 9.17) is 43.9 Å². The first kappa shape index (κ1) is 42.5. The van der Waals surface area contributed by atoms with Crippen molar-refractivity contribution in [1.82, 2.24) is 30.2 Å². The monoisotopic (exact) mass is 783 g/mol. The van der Waals surface area contributed by atoms with Crippen molar-refractivity contribution in [3.8, 4) is 0 Å². The van der Waals surface area contributed by atoms with Crippen molar-refractivity contribution in [2.75, 3.05) is 58.7 Å². The summed E-state index contributed by atoms with van der Waals surface area (Å²) in [6, 6.07) is -1.05. The molecule has 0 aromatic carbocycles. The molecule has 0 bridgehead atoms. The summed E-state index contributed by atoms with van der Waals surface area (Å²) in [6.07, 6.45) is -7.84.